The van der Waals surface area contributed by atoms with Crippen molar-refractivity contribution in [2.75, 3.05) is 20.2 Å². The lowest BCUT2D eigenvalue weighted by Crippen LogP contribution is -2.52. The molecule has 1 aliphatic rings. The minimum absolute atomic E-state index is 0.0720. The Morgan fingerprint density at radius 2 is 1.85 bits per heavy atom. The number of carbonyl (C=O) groups excluding carboxylic acids is 4. The van der Waals surface area contributed by atoms with E-state index in [4.69, 9.17) is 9.47 Å². The van der Waals surface area contributed by atoms with Crippen molar-refractivity contribution >= 4 is 23.6 Å². The predicted octanol–water partition coefficient (Wildman–Crippen LogP) is 2.13. The van der Waals surface area contributed by atoms with Crippen LogP contribution in [-0.2, 0) is 30.5 Å². The molecule has 1 unspecified atom stereocenters. The molecule has 1 saturated heterocycles. The average molecular weight is 468 g/mol. The van der Waals surface area contributed by atoms with E-state index < -0.39 is 41.6 Å². The molecule has 3 rings (SSSR count). The first kappa shape index (κ1) is 24.9. The maximum Gasteiger partial charge on any atom is 0.325 e. The summed E-state index contributed by atoms with van der Waals surface area (Å²) in [6.45, 7) is 5.20. The van der Waals surface area contributed by atoms with Crippen LogP contribution in [0, 0.1) is 5.92 Å². The number of nitrogens with zero attached hydrogens (tertiary/aromatic N) is 2. The summed E-state index contributed by atoms with van der Waals surface area (Å²) in [5.41, 5.74) is 1.98. The first-order valence-electron chi connectivity index (χ1n) is 11.0. The molecular formula is C25H29N3O6. The molecule has 1 aromatic carbocycles. The smallest absolute Gasteiger partial charge is 0.325 e. The number of hydrogen-bond acceptors (Lipinski definition) is 7. The first-order chi connectivity index (χ1) is 16.1. The van der Waals surface area contributed by atoms with E-state index in [1.807, 2.05) is 30.3 Å². The number of ether oxygens (including phenoxy) is 2. The van der Waals surface area contributed by atoms with E-state index in [9.17, 15) is 19.2 Å². The maximum atomic E-state index is 12.9. The van der Waals surface area contributed by atoms with Crippen molar-refractivity contribution in [3.63, 3.8) is 0 Å². The number of piperidine rings is 1. The SMILES string of the molecule is COc1cnccc1-c1ccc(CN2CCC(=O)C(C(=O)NCC(=O)OC(C)(C)C)C2=O)cc1. The third-order valence-electron chi connectivity index (χ3n) is 5.24. The van der Waals surface area contributed by atoms with Crippen LogP contribution in [0.4, 0.5) is 0 Å². The summed E-state index contributed by atoms with van der Waals surface area (Å²) in [6, 6.07) is 9.46. The molecule has 1 fully saturated rings. The van der Waals surface area contributed by atoms with Gasteiger partial charge in [-0.05, 0) is 38.0 Å². The fourth-order valence-corrected chi connectivity index (χ4v) is 3.67. The summed E-state index contributed by atoms with van der Waals surface area (Å²) in [4.78, 5) is 55.2. The lowest BCUT2D eigenvalue weighted by Gasteiger charge is -2.31. The fraction of sp³-hybridized carbons (Fsp3) is 0.400. The van der Waals surface area contributed by atoms with Crippen molar-refractivity contribution in [3.8, 4) is 16.9 Å². The Bertz CT molecular complexity index is 1070. The second-order valence-electron chi connectivity index (χ2n) is 8.99. The van der Waals surface area contributed by atoms with Gasteiger partial charge in [0.2, 0.25) is 11.8 Å². The largest absolute Gasteiger partial charge is 0.494 e. The van der Waals surface area contributed by atoms with Gasteiger partial charge >= 0.3 is 5.97 Å². The van der Waals surface area contributed by atoms with Crippen LogP contribution in [-0.4, -0.2) is 59.3 Å². The van der Waals surface area contributed by atoms with Gasteiger partial charge in [0.1, 0.15) is 17.9 Å². The van der Waals surface area contributed by atoms with Crippen molar-refractivity contribution in [2.45, 2.75) is 39.3 Å². The summed E-state index contributed by atoms with van der Waals surface area (Å²) >= 11 is 0. The molecule has 2 amide bonds. The van der Waals surface area contributed by atoms with Gasteiger partial charge in [0, 0.05) is 31.3 Å². The molecule has 0 spiro atoms. The lowest BCUT2D eigenvalue weighted by atomic mass is 9.94. The van der Waals surface area contributed by atoms with E-state index in [1.165, 1.54) is 4.90 Å². The minimum atomic E-state index is -1.46. The van der Waals surface area contributed by atoms with Crippen LogP contribution in [0.2, 0.25) is 0 Å². The summed E-state index contributed by atoms with van der Waals surface area (Å²) in [7, 11) is 1.58. The van der Waals surface area contributed by atoms with Crippen molar-refractivity contribution in [1.82, 2.24) is 15.2 Å². The van der Waals surface area contributed by atoms with Crippen molar-refractivity contribution in [1.29, 1.82) is 0 Å². The molecule has 1 aromatic heterocycles. The molecular weight excluding hydrogens is 438 g/mol. The van der Waals surface area contributed by atoms with E-state index in [0.29, 0.717) is 5.75 Å². The number of ketones is 1. The van der Waals surface area contributed by atoms with Gasteiger partial charge in [-0.2, -0.15) is 0 Å². The number of nitrogens with one attached hydrogen (secondary N) is 1. The summed E-state index contributed by atoms with van der Waals surface area (Å²) in [6.07, 6.45) is 3.40. The second-order valence-corrected chi connectivity index (χ2v) is 8.99. The number of rotatable bonds is 7. The zero-order valence-corrected chi connectivity index (χ0v) is 19.8. The van der Waals surface area contributed by atoms with Gasteiger partial charge in [0.25, 0.3) is 0 Å². The van der Waals surface area contributed by atoms with Gasteiger partial charge in [-0.3, -0.25) is 24.2 Å². The highest BCUT2D eigenvalue weighted by Crippen LogP contribution is 2.29. The van der Waals surface area contributed by atoms with E-state index in [-0.39, 0.29) is 19.5 Å². The number of hydrogen-bond donors (Lipinski definition) is 1. The van der Waals surface area contributed by atoms with Crippen molar-refractivity contribution in [3.05, 3.63) is 48.3 Å². The Morgan fingerprint density at radius 3 is 2.50 bits per heavy atom. The van der Waals surface area contributed by atoms with E-state index in [0.717, 1.165) is 16.7 Å². The van der Waals surface area contributed by atoms with Gasteiger partial charge in [-0.15, -0.1) is 0 Å². The minimum Gasteiger partial charge on any atom is -0.494 e. The summed E-state index contributed by atoms with van der Waals surface area (Å²) in [5.74, 6) is -3.26. The quantitative estimate of drug-likeness (QED) is 0.490. The first-order valence-corrected chi connectivity index (χ1v) is 11.0. The molecule has 2 heterocycles. The van der Waals surface area contributed by atoms with Gasteiger partial charge in [-0.25, -0.2) is 0 Å². The Hall–Kier alpha value is -3.75. The Balaban J connectivity index is 1.64. The molecule has 1 atom stereocenters. The molecule has 9 heteroatoms. The molecule has 2 aromatic rings. The van der Waals surface area contributed by atoms with Crippen LogP contribution in [0.5, 0.6) is 5.75 Å². The van der Waals surface area contributed by atoms with Crippen molar-refractivity contribution in [2.24, 2.45) is 5.92 Å². The van der Waals surface area contributed by atoms with Crippen LogP contribution in [0.1, 0.15) is 32.8 Å². The number of carbonyl (C=O) groups is 4. The molecule has 9 nitrogen and oxygen atoms in total. The zero-order chi connectivity index (χ0) is 24.9. The van der Waals surface area contributed by atoms with Crippen LogP contribution in [0.15, 0.2) is 42.7 Å². The highest BCUT2D eigenvalue weighted by Gasteiger charge is 2.40. The normalized spacial score (nSPS) is 16.2. The Kier molecular flexibility index (Phi) is 7.65. The molecule has 1 aliphatic heterocycles. The van der Waals surface area contributed by atoms with E-state index >= 15 is 0 Å². The van der Waals surface area contributed by atoms with Gasteiger partial charge in [0.15, 0.2) is 11.7 Å². The second kappa shape index (κ2) is 10.5. The van der Waals surface area contributed by atoms with Gasteiger partial charge < -0.3 is 19.7 Å². The lowest BCUT2D eigenvalue weighted by molar-refractivity contribution is -0.157. The highest BCUT2D eigenvalue weighted by molar-refractivity contribution is 6.19. The average Bonchev–Trinajstić information content (AvgIpc) is 2.79. The summed E-state index contributed by atoms with van der Waals surface area (Å²) < 4.78 is 10.5. The monoisotopic (exact) mass is 467 g/mol. The fourth-order valence-electron chi connectivity index (χ4n) is 3.67. The van der Waals surface area contributed by atoms with Crippen LogP contribution in [0.25, 0.3) is 11.1 Å². The number of Topliss-reactive ketones (excluding diaryl/α,β-unsaturated/α-hetero) is 1. The molecule has 0 aliphatic carbocycles. The number of amides is 2. The topological polar surface area (TPSA) is 115 Å². The predicted molar refractivity (Wildman–Crippen MR) is 124 cm³/mol. The van der Waals surface area contributed by atoms with E-state index in [1.54, 1.807) is 40.3 Å². The zero-order valence-electron chi connectivity index (χ0n) is 19.8. The number of aromatic nitrogens is 1. The van der Waals surface area contributed by atoms with Gasteiger partial charge in [-0.1, -0.05) is 24.3 Å². The number of pyridine rings is 1. The van der Waals surface area contributed by atoms with Crippen LogP contribution >= 0.6 is 0 Å². The molecule has 180 valence electrons. The third kappa shape index (κ3) is 6.18. The number of esters is 1. The van der Waals surface area contributed by atoms with Crippen LogP contribution < -0.4 is 10.1 Å². The number of benzene rings is 1. The van der Waals surface area contributed by atoms with Crippen LogP contribution in [0.3, 0.4) is 0 Å². The van der Waals surface area contributed by atoms with E-state index in [2.05, 4.69) is 10.3 Å². The molecule has 34 heavy (non-hydrogen) atoms. The van der Waals surface area contributed by atoms with Crippen molar-refractivity contribution < 1.29 is 28.7 Å². The molecule has 0 radical (unpaired) electrons. The molecule has 1 N–H and O–H groups in total. The number of methoxy groups -OCH3 is 1. The summed E-state index contributed by atoms with van der Waals surface area (Å²) in [5, 5.41) is 2.36. The maximum absolute atomic E-state index is 12.9. The molecule has 0 saturated carbocycles. The highest BCUT2D eigenvalue weighted by atomic mass is 16.6. The third-order valence-corrected chi connectivity index (χ3v) is 5.24. The van der Waals surface area contributed by atoms with Gasteiger partial charge in [0.05, 0.1) is 13.3 Å². The number of likely N-dealkylation sites (tertiary alicyclic amines) is 1. The Morgan fingerprint density at radius 1 is 1.15 bits per heavy atom. The Labute approximate surface area is 198 Å². The standard InChI is InChI=1S/C25H29N3O6/c1-25(2,3)34-21(30)14-27-23(31)22-19(29)10-12-28(24(22)32)15-16-5-7-17(8-6-16)18-9-11-26-13-20(18)33-4/h5-9,11,13,22H,10,12,14-15H2,1-4H3,(H,27,31). The molecule has 0 bridgehead atoms.